The van der Waals surface area contributed by atoms with Crippen LogP contribution in [0.5, 0.6) is 11.6 Å². The van der Waals surface area contributed by atoms with Gasteiger partial charge in [-0.05, 0) is 41.3 Å². The summed E-state index contributed by atoms with van der Waals surface area (Å²) in [5.41, 5.74) is 3.01. The summed E-state index contributed by atoms with van der Waals surface area (Å²) in [6.07, 6.45) is 5.25. The number of rotatable bonds is 6. The smallest absolute Gasteiger partial charge is 0.237 e. The average molecular weight is 427 g/mol. The molecule has 0 radical (unpaired) electrons. The van der Waals surface area contributed by atoms with Crippen molar-refractivity contribution in [1.82, 2.24) is 9.97 Å². The second kappa shape index (κ2) is 9.53. The molecular formula is C23H23ClN2O4. The van der Waals surface area contributed by atoms with Crippen molar-refractivity contribution in [3.63, 3.8) is 0 Å². The van der Waals surface area contributed by atoms with Gasteiger partial charge in [-0.15, -0.1) is 0 Å². The zero-order valence-electron chi connectivity index (χ0n) is 16.3. The van der Waals surface area contributed by atoms with Crippen molar-refractivity contribution in [2.24, 2.45) is 0 Å². The van der Waals surface area contributed by atoms with Crippen LogP contribution < -0.4 is 4.74 Å². The normalized spacial score (nSPS) is 21.4. The van der Waals surface area contributed by atoms with Crippen molar-refractivity contribution < 1.29 is 19.7 Å². The lowest BCUT2D eigenvalue weighted by Gasteiger charge is -2.32. The summed E-state index contributed by atoms with van der Waals surface area (Å²) in [4.78, 5) is 8.08. The first-order valence-electron chi connectivity index (χ1n) is 9.86. The molecular weight excluding hydrogens is 404 g/mol. The van der Waals surface area contributed by atoms with Gasteiger partial charge in [-0.2, -0.15) is 0 Å². The van der Waals surface area contributed by atoms with E-state index in [9.17, 15) is 10.2 Å². The fourth-order valence-corrected chi connectivity index (χ4v) is 3.79. The van der Waals surface area contributed by atoms with Gasteiger partial charge < -0.3 is 19.7 Å². The minimum atomic E-state index is -0.484. The van der Waals surface area contributed by atoms with Crippen molar-refractivity contribution in [2.75, 3.05) is 6.61 Å². The Morgan fingerprint density at radius 1 is 1.10 bits per heavy atom. The number of aliphatic hydroxyl groups excluding tert-OH is 2. The number of ether oxygens (including phenoxy) is 2. The molecule has 2 heterocycles. The lowest BCUT2D eigenvalue weighted by atomic mass is 9.94. The van der Waals surface area contributed by atoms with Crippen LogP contribution in [0.1, 0.15) is 35.6 Å². The summed E-state index contributed by atoms with van der Waals surface area (Å²) in [6.45, 7) is -0.100. The number of nitrogens with zero attached hydrogens (tertiary/aromatic N) is 2. The summed E-state index contributed by atoms with van der Waals surface area (Å²) >= 11 is 6.44. The molecule has 0 aliphatic carbocycles. The van der Waals surface area contributed by atoms with Crippen LogP contribution in [-0.2, 0) is 11.2 Å². The second-order valence-corrected chi connectivity index (χ2v) is 7.78. The topological polar surface area (TPSA) is 84.7 Å². The van der Waals surface area contributed by atoms with Crippen molar-refractivity contribution >= 4 is 11.6 Å². The highest BCUT2D eigenvalue weighted by atomic mass is 35.5. The summed E-state index contributed by atoms with van der Waals surface area (Å²) in [5, 5.41) is 20.2. The molecule has 2 N–H and O–H groups in total. The Morgan fingerprint density at radius 2 is 1.93 bits per heavy atom. The lowest BCUT2D eigenvalue weighted by molar-refractivity contribution is -0.113. The van der Waals surface area contributed by atoms with Crippen LogP contribution >= 0.6 is 11.6 Å². The molecule has 1 aliphatic rings. The predicted molar refractivity (Wildman–Crippen MR) is 113 cm³/mol. The third kappa shape index (κ3) is 5.15. The van der Waals surface area contributed by atoms with Gasteiger partial charge in [-0.3, -0.25) is 4.98 Å². The molecule has 1 saturated heterocycles. The minimum absolute atomic E-state index is 0.100. The van der Waals surface area contributed by atoms with Crippen LogP contribution in [0.3, 0.4) is 0 Å². The van der Waals surface area contributed by atoms with Crippen LogP contribution in [0.2, 0.25) is 5.02 Å². The Labute approximate surface area is 180 Å². The number of hydrogen-bond donors (Lipinski definition) is 2. The van der Waals surface area contributed by atoms with E-state index in [-0.39, 0.29) is 18.8 Å². The Hall–Kier alpha value is -2.51. The van der Waals surface area contributed by atoms with Crippen molar-refractivity contribution in [2.45, 2.75) is 37.6 Å². The molecule has 0 spiro atoms. The fourth-order valence-electron chi connectivity index (χ4n) is 3.61. The quantitative estimate of drug-likeness (QED) is 0.617. The van der Waals surface area contributed by atoms with Crippen molar-refractivity contribution in [3.05, 3.63) is 82.8 Å². The maximum absolute atomic E-state index is 10.1. The van der Waals surface area contributed by atoms with E-state index in [0.29, 0.717) is 35.9 Å². The van der Waals surface area contributed by atoms with Gasteiger partial charge in [0, 0.05) is 30.3 Å². The lowest BCUT2D eigenvalue weighted by Crippen LogP contribution is -2.33. The monoisotopic (exact) mass is 426 g/mol. The highest BCUT2D eigenvalue weighted by Crippen LogP contribution is 2.34. The molecule has 1 fully saturated rings. The van der Waals surface area contributed by atoms with Gasteiger partial charge in [0.1, 0.15) is 5.75 Å². The molecule has 0 amide bonds. The first-order valence-corrected chi connectivity index (χ1v) is 10.2. The summed E-state index contributed by atoms with van der Waals surface area (Å²) in [7, 11) is 0. The maximum atomic E-state index is 10.1. The summed E-state index contributed by atoms with van der Waals surface area (Å²) < 4.78 is 11.6. The molecule has 1 aromatic heterocycles. The van der Waals surface area contributed by atoms with Gasteiger partial charge in [-0.25, -0.2) is 4.98 Å². The zero-order valence-corrected chi connectivity index (χ0v) is 17.1. The highest BCUT2D eigenvalue weighted by Gasteiger charge is 2.29. The van der Waals surface area contributed by atoms with Gasteiger partial charge >= 0.3 is 0 Å². The molecule has 156 valence electrons. The Balaban J connectivity index is 1.47. The molecule has 7 heteroatoms. The molecule has 1 aliphatic heterocycles. The van der Waals surface area contributed by atoms with Gasteiger partial charge in [0.25, 0.3) is 0 Å². The summed E-state index contributed by atoms with van der Waals surface area (Å²) in [6, 6.07) is 13.5. The van der Waals surface area contributed by atoms with Crippen molar-refractivity contribution in [3.8, 4) is 11.6 Å². The van der Waals surface area contributed by atoms with Crippen LogP contribution in [-0.4, -0.2) is 39.0 Å². The SMILES string of the molecule is OCC1CC(O)CC(c2ccc(Cl)c(Cc3ccc(Oc4cnccn4)cc3)c2)O1. The Morgan fingerprint density at radius 3 is 2.67 bits per heavy atom. The Bertz CT molecular complexity index is 969. The van der Waals surface area contributed by atoms with E-state index in [1.807, 2.05) is 42.5 Å². The molecule has 0 saturated carbocycles. The number of benzene rings is 2. The van der Waals surface area contributed by atoms with E-state index < -0.39 is 6.10 Å². The minimum Gasteiger partial charge on any atom is -0.438 e. The van der Waals surface area contributed by atoms with Gasteiger partial charge in [0.2, 0.25) is 5.88 Å². The van der Waals surface area contributed by atoms with E-state index in [4.69, 9.17) is 21.1 Å². The molecule has 6 nitrogen and oxygen atoms in total. The molecule has 3 aromatic rings. The first kappa shape index (κ1) is 20.8. The molecule has 0 bridgehead atoms. The molecule has 3 atom stereocenters. The van der Waals surface area contributed by atoms with Crippen LogP contribution in [0, 0.1) is 0 Å². The second-order valence-electron chi connectivity index (χ2n) is 7.37. The standard InChI is InChI=1S/C23H23ClN2O4/c24-21-6-3-16(22-12-18(28)11-20(14-27)29-22)10-17(21)9-15-1-4-19(5-2-15)30-23-13-25-7-8-26-23/h1-8,10,13,18,20,22,27-28H,9,11-12,14H2. The van der Waals surface area contributed by atoms with E-state index in [0.717, 1.165) is 16.7 Å². The van der Waals surface area contributed by atoms with Gasteiger partial charge in [-0.1, -0.05) is 35.9 Å². The van der Waals surface area contributed by atoms with Gasteiger partial charge in [0.05, 0.1) is 31.1 Å². The van der Waals surface area contributed by atoms with E-state index >= 15 is 0 Å². The first-order chi connectivity index (χ1) is 14.6. The Kier molecular flexibility index (Phi) is 6.59. The molecule has 30 heavy (non-hydrogen) atoms. The average Bonchev–Trinajstić information content (AvgIpc) is 2.77. The van der Waals surface area contributed by atoms with Crippen LogP contribution in [0.15, 0.2) is 61.1 Å². The largest absolute Gasteiger partial charge is 0.438 e. The van der Waals surface area contributed by atoms with E-state index in [2.05, 4.69) is 9.97 Å². The third-order valence-electron chi connectivity index (χ3n) is 5.10. The maximum Gasteiger partial charge on any atom is 0.237 e. The van der Waals surface area contributed by atoms with Gasteiger partial charge in [0.15, 0.2) is 0 Å². The van der Waals surface area contributed by atoms with Crippen molar-refractivity contribution in [1.29, 1.82) is 0 Å². The molecule has 4 rings (SSSR count). The van der Waals surface area contributed by atoms with Crippen LogP contribution in [0.4, 0.5) is 0 Å². The fraction of sp³-hybridized carbons (Fsp3) is 0.304. The third-order valence-corrected chi connectivity index (χ3v) is 5.47. The molecule has 3 unspecified atom stereocenters. The molecule has 2 aromatic carbocycles. The number of halogens is 1. The predicted octanol–water partition coefficient (Wildman–Crippen LogP) is 4.09. The van der Waals surface area contributed by atoms with Crippen LogP contribution in [0.25, 0.3) is 0 Å². The number of aromatic nitrogens is 2. The highest BCUT2D eigenvalue weighted by molar-refractivity contribution is 6.31. The van der Waals surface area contributed by atoms with E-state index in [1.54, 1.807) is 18.6 Å². The van der Waals surface area contributed by atoms with E-state index in [1.165, 1.54) is 0 Å². The number of aliphatic hydroxyl groups is 2. The summed E-state index contributed by atoms with van der Waals surface area (Å²) in [5.74, 6) is 1.12. The number of hydrogen-bond acceptors (Lipinski definition) is 6. The zero-order chi connectivity index (χ0) is 20.9.